The van der Waals surface area contributed by atoms with Gasteiger partial charge >= 0.3 is 0 Å². The molecule has 0 bridgehead atoms. The second-order valence-corrected chi connectivity index (χ2v) is 4.25. The lowest BCUT2D eigenvalue weighted by Gasteiger charge is -2.18. The first-order chi connectivity index (χ1) is 7.13. The van der Waals surface area contributed by atoms with Gasteiger partial charge < -0.3 is 15.7 Å². The second kappa shape index (κ2) is 3.74. The Morgan fingerprint density at radius 1 is 1.60 bits per heavy atom. The molecule has 1 aromatic rings. The number of rotatable bonds is 2. The molecule has 1 aliphatic rings. The first-order valence-electron chi connectivity index (χ1n) is 5.47. The first-order valence-corrected chi connectivity index (χ1v) is 5.47. The average Bonchev–Trinajstić information content (AvgIpc) is 2.55. The Labute approximate surface area is 90.5 Å². The Morgan fingerprint density at radius 2 is 2.33 bits per heavy atom. The van der Waals surface area contributed by atoms with Gasteiger partial charge in [-0.2, -0.15) is 0 Å². The fraction of sp³-hybridized carbons (Fsp3) is 0.500. The minimum absolute atomic E-state index is 0.127. The van der Waals surface area contributed by atoms with Gasteiger partial charge in [0.25, 0.3) is 0 Å². The molecule has 0 saturated heterocycles. The van der Waals surface area contributed by atoms with Crippen LogP contribution < -0.4 is 10.6 Å². The highest BCUT2D eigenvalue weighted by atomic mass is 16.3. The van der Waals surface area contributed by atoms with Crippen LogP contribution in [0.3, 0.4) is 0 Å². The van der Waals surface area contributed by atoms with Gasteiger partial charge in [-0.15, -0.1) is 0 Å². The Kier molecular flexibility index (Phi) is 2.57. The molecule has 0 aliphatic carbocycles. The lowest BCUT2D eigenvalue weighted by molar-refractivity contribution is 0.473. The molecule has 1 aromatic carbocycles. The maximum atomic E-state index is 9.50. The van der Waals surface area contributed by atoms with E-state index in [1.54, 1.807) is 6.07 Å². The molecular formula is C12H18N2O. The Balaban J connectivity index is 2.43. The van der Waals surface area contributed by atoms with Crippen LogP contribution in [0.2, 0.25) is 0 Å². The number of fused-ring (bicyclic) bond motifs is 1. The third kappa shape index (κ3) is 1.67. The molecule has 0 radical (unpaired) electrons. The van der Waals surface area contributed by atoms with E-state index in [9.17, 15) is 5.11 Å². The minimum atomic E-state index is 0.127. The van der Waals surface area contributed by atoms with Crippen molar-refractivity contribution in [3.8, 4) is 5.75 Å². The summed E-state index contributed by atoms with van der Waals surface area (Å²) in [4.78, 5) is 2.31. The van der Waals surface area contributed by atoms with E-state index < -0.39 is 0 Å². The van der Waals surface area contributed by atoms with Gasteiger partial charge in [0.2, 0.25) is 0 Å². The van der Waals surface area contributed by atoms with Gasteiger partial charge in [0.05, 0.1) is 0 Å². The van der Waals surface area contributed by atoms with Crippen molar-refractivity contribution < 1.29 is 5.11 Å². The number of aromatic hydroxyl groups is 1. The molecular weight excluding hydrogens is 188 g/mol. The molecule has 2 unspecified atom stereocenters. The van der Waals surface area contributed by atoms with Crippen LogP contribution in [-0.4, -0.2) is 24.2 Å². The van der Waals surface area contributed by atoms with Crippen molar-refractivity contribution in [1.82, 2.24) is 0 Å². The van der Waals surface area contributed by atoms with Gasteiger partial charge in [-0.1, -0.05) is 0 Å². The monoisotopic (exact) mass is 206 g/mol. The number of benzene rings is 1. The molecule has 1 aliphatic heterocycles. The van der Waals surface area contributed by atoms with Gasteiger partial charge in [-0.25, -0.2) is 0 Å². The Hall–Kier alpha value is -1.22. The standard InChI is InChI=1S/C12H18N2O/c1-3-14-7-11(8(2)13)10-6-9(15)4-5-12(10)14/h4-6,8,11,15H,3,7,13H2,1-2H3. The van der Waals surface area contributed by atoms with Crippen molar-refractivity contribution in [3.05, 3.63) is 23.8 Å². The van der Waals surface area contributed by atoms with E-state index in [0.29, 0.717) is 11.7 Å². The number of phenolic OH excluding ortho intramolecular Hbond substituents is 1. The summed E-state index contributed by atoms with van der Waals surface area (Å²) in [6.07, 6.45) is 0. The van der Waals surface area contributed by atoms with Crippen LogP contribution in [0.15, 0.2) is 18.2 Å². The number of phenols is 1. The Bertz CT molecular complexity index is 363. The quantitative estimate of drug-likeness (QED) is 0.773. The van der Waals surface area contributed by atoms with Crippen LogP contribution in [0.4, 0.5) is 5.69 Å². The van der Waals surface area contributed by atoms with Crippen LogP contribution in [-0.2, 0) is 0 Å². The molecule has 3 heteroatoms. The van der Waals surface area contributed by atoms with Crippen molar-refractivity contribution in [1.29, 1.82) is 0 Å². The molecule has 82 valence electrons. The number of nitrogens with zero attached hydrogens (tertiary/aromatic N) is 1. The maximum Gasteiger partial charge on any atom is 0.116 e. The highest BCUT2D eigenvalue weighted by Crippen LogP contribution is 2.39. The second-order valence-electron chi connectivity index (χ2n) is 4.25. The predicted octanol–water partition coefficient (Wildman–Crippen LogP) is 1.66. The molecule has 0 amide bonds. The summed E-state index contributed by atoms with van der Waals surface area (Å²) in [5, 5.41) is 9.50. The van der Waals surface area contributed by atoms with Gasteiger partial charge in [-0.3, -0.25) is 0 Å². The molecule has 0 spiro atoms. The number of likely N-dealkylation sites (N-methyl/N-ethyl adjacent to an activating group) is 1. The van der Waals surface area contributed by atoms with Gasteiger partial charge in [-0.05, 0) is 37.6 Å². The summed E-state index contributed by atoms with van der Waals surface area (Å²) >= 11 is 0. The molecule has 0 saturated carbocycles. The number of nitrogens with two attached hydrogens (primary N) is 1. The minimum Gasteiger partial charge on any atom is -0.508 e. The molecule has 3 N–H and O–H groups in total. The third-order valence-electron chi connectivity index (χ3n) is 3.18. The van der Waals surface area contributed by atoms with E-state index in [1.165, 1.54) is 11.3 Å². The molecule has 1 heterocycles. The smallest absolute Gasteiger partial charge is 0.116 e. The van der Waals surface area contributed by atoms with E-state index in [2.05, 4.69) is 11.8 Å². The van der Waals surface area contributed by atoms with E-state index in [-0.39, 0.29) is 6.04 Å². The topological polar surface area (TPSA) is 49.5 Å². The SMILES string of the molecule is CCN1CC(C(C)N)c2cc(O)ccc21. The zero-order valence-electron chi connectivity index (χ0n) is 9.27. The van der Waals surface area contributed by atoms with E-state index in [4.69, 9.17) is 5.73 Å². The largest absolute Gasteiger partial charge is 0.508 e. The van der Waals surface area contributed by atoms with E-state index >= 15 is 0 Å². The fourth-order valence-corrected chi connectivity index (χ4v) is 2.31. The predicted molar refractivity (Wildman–Crippen MR) is 62.4 cm³/mol. The highest BCUT2D eigenvalue weighted by Gasteiger charge is 2.30. The molecule has 2 atom stereocenters. The lowest BCUT2D eigenvalue weighted by atomic mass is 9.95. The van der Waals surface area contributed by atoms with Gasteiger partial charge in [0.1, 0.15) is 5.75 Å². The molecule has 15 heavy (non-hydrogen) atoms. The molecule has 0 fully saturated rings. The third-order valence-corrected chi connectivity index (χ3v) is 3.18. The summed E-state index contributed by atoms with van der Waals surface area (Å²) in [6.45, 7) is 6.12. The van der Waals surface area contributed by atoms with Crippen molar-refractivity contribution in [2.75, 3.05) is 18.0 Å². The first kappa shape index (κ1) is 10.3. The summed E-state index contributed by atoms with van der Waals surface area (Å²) < 4.78 is 0. The number of anilines is 1. The van der Waals surface area contributed by atoms with Crippen LogP contribution in [0.1, 0.15) is 25.3 Å². The zero-order valence-corrected chi connectivity index (χ0v) is 9.27. The lowest BCUT2D eigenvalue weighted by Crippen LogP contribution is -2.30. The van der Waals surface area contributed by atoms with Crippen LogP contribution in [0.5, 0.6) is 5.75 Å². The van der Waals surface area contributed by atoms with Crippen LogP contribution in [0.25, 0.3) is 0 Å². The summed E-state index contributed by atoms with van der Waals surface area (Å²) in [5.41, 5.74) is 8.38. The van der Waals surface area contributed by atoms with E-state index in [1.807, 2.05) is 19.1 Å². The molecule has 3 nitrogen and oxygen atoms in total. The summed E-state index contributed by atoms with van der Waals surface area (Å²) in [5.74, 6) is 0.671. The molecule has 2 rings (SSSR count). The van der Waals surface area contributed by atoms with Crippen molar-refractivity contribution in [2.24, 2.45) is 5.73 Å². The van der Waals surface area contributed by atoms with Crippen LogP contribution >= 0.6 is 0 Å². The Morgan fingerprint density at radius 3 is 2.93 bits per heavy atom. The number of hydrogen-bond donors (Lipinski definition) is 2. The summed E-state index contributed by atoms with van der Waals surface area (Å²) in [7, 11) is 0. The molecule has 0 aromatic heterocycles. The van der Waals surface area contributed by atoms with Crippen LogP contribution in [0, 0.1) is 0 Å². The fourth-order valence-electron chi connectivity index (χ4n) is 2.31. The zero-order chi connectivity index (χ0) is 11.0. The van der Waals surface area contributed by atoms with Crippen molar-refractivity contribution in [3.63, 3.8) is 0 Å². The summed E-state index contributed by atoms with van der Waals surface area (Å²) in [6, 6.07) is 5.70. The van der Waals surface area contributed by atoms with E-state index in [0.717, 1.165) is 13.1 Å². The average molecular weight is 206 g/mol. The van der Waals surface area contributed by atoms with Gasteiger partial charge in [0, 0.05) is 30.7 Å². The van der Waals surface area contributed by atoms with Crippen molar-refractivity contribution >= 4 is 5.69 Å². The van der Waals surface area contributed by atoms with Gasteiger partial charge in [0.15, 0.2) is 0 Å². The number of hydrogen-bond acceptors (Lipinski definition) is 3. The highest BCUT2D eigenvalue weighted by molar-refractivity contribution is 5.62. The normalized spacial score (nSPS) is 21.5. The van der Waals surface area contributed by atoms with Crippen molar-refractivity contribution in [2.45, 2.75) is 25.8 Å². The maximum absolute atomic E-state index is 9.50.